The number of amides is 1. The standard InChI is InChI=1S/C18H18BrNO2/c1-12-8-9-16(19)15(10-12)11-20-13(2)17(22-18(20)21)14-6-4-3-5-7-14/h3-10,13,17H,11H2,1-2H3/t13-,17-/m0/s1. The van der Waals surface area contributed by atoms with Crippen LogP contribution in [0.3, 0.4) is 0 Å². The Hall–Kier alpha value is -1.81. The molecule has 0 spiro atoms. The number of nitrogens with zero attached hydrogens (tertiary/aromatic N) is 1. The van der Waals surface area contributed by atoms with Gasteiger partial charge in [0.2, 0.25) is 0 Å². The molecule has 4 heteroatoms. The summed E-state index contributed by atoms with van der Waals surface area (Å²) in [5, 5.41) is 0. The molecule has 0 aromatic heterocycles. The van der Waals surface area contributed by atoms with Crippen molar-refractivity contribution in [3.8, 4) is 0 Å². The molecule has 3 nitrogen and oxygen atoms in total. The summed E-state index contributed by atoms with van der Waals surface area (Å²) < 4.78 is 6.60. The van der Waals surface area contributed by atoms with E-state index in [2.05, 4.69) is 28.9 Å². The van der Waals surface area contributed by atoms with Crippen molar-refractivity contribution in [1.29, 1.82) is 0 Å². The van der Waals surface area contributed by atoms with Gasteiger partial charge in [-0.3, -0.25) is 4.90 Å². The SMILES string of the molecule is Cc1ccc(Br)c(CN2C(=O)O[C@H](c3ccccc3)[C@@H]2C)c1. The number of rotatable bonds is 3. The predicted molar refractivity (Wildman–Crippen MR) is 89.5 cm³/mol. The molecule has 1 heterocycles. The summed E-state index contributed by atoms with van der Waals surface area (Å²) in [5.41, 5.74) is 3.31. The highest BCUT2D eigenvalue weighted by Gasteiger charge is 2.39. The molecule has 2 aromatic rings. The fourth-order valence-electron chi connectivity index (χ4n) is 2.81. The van der Waals surface area contributed by atoms with E-state index in [4.69, 9.17) is 4.74 Å². The highest BCUT2D eigenvalue weighted by atomic mass is 79.9. The number of carbonyl (C=O) groups is 1. The molecule has 1 amide bonds. The number of hydrogen-bond donors (Lipinski definition) is 0. The second-order valence-electron chi connectivity index (χ2n) is 5.68. The molecule has 1 aliphatic heterocycles. The highest BCUT2D eigenvalue weighted by molar-refractivity contribution is 9.10. The van der Waals surface area contributed by atoms with Crippen LogP contribution in [0.15, 0.2) is 53.0 Å². The topological polar surface area (TPSA) is 29.5 Å². The minimum Gasteiger partial charge on any atom is -0.439 e. The molecule has 1 aliphatic rings. The lowest BCUT2D eigenvalue weighted by Crippen LogP contribution is -2.31. The first-order chi connectivity index (χ1) is 10.6. The maximum Gasteiger partial charge on any atom is 0.411 e. The summed E-state index contributed by atoms with van der Waals surface area (Å²) in [4.78, 5) is 14.0. The quantitative estimate of drug-likeness (QED) is 0.784. The Morgan fingerprint density at radius 2 is 1.91 bits per heavy atom. The number of carbonyl (C=O) groups excluding carboxylic acids is 1. The van der Waals surface area contributed by atoms with E-state index in [1.54, 1.807) is 4.90 Å². The van der Waals surface area contributed by atoms with Crippen LogP contribution in [0.2, 0.25) is 0 Å². The van der Waals surface area contributed by atoms with Crippen LogP contribution in [0.1, 0.15) is 29.7 Å². The first-order valence-electron chi connectivity index (χ1n) is 7.33. The van der Waals surface area contributed by atoms with Crippen molar-refractivity contribution in [2.75, 3.05) is 0 Å². The molecule has 2 atom stereocenters. The van der Waals surface area contributed by atoms with Gasteiger partial charge in [0.25, 0.3) is 0 Å². The second-order valence-corrected chi connectivity index (χ2v) is 6.53. The van der Waals surface area contributed by atoms with Crippen LogP contribution in [0.25, 0.3) is 0 Å². The number of aryl methyl sites for hydroxylation is 1. The van der Waals surface area contributed by atoms with Gasteiger partial charge in [0, 0.05) is 4.47 Å². The first-order valence-corrected chi connectivity index (χ1v) is 8.13. The second kappa shape index (κ2) is 6.13. The molecule has 3 rings (SSSR count). The van der Waals surface area contributed by atoms with Gasteiger partial charge in [-0.05, 0) is 31.0 Å². The summed E-state index contributed by atoms with van der Waals surface area (Å²) in [6.45, 7) is 4.63. The molecule has 1 fully saturated rings. The fraction of sp³-hybridized carbons (Fsp3) is 0.278. The van der Waals surface area contributed by atoms with Crippen LogP contribution < -0.4 is 0 Å². The molecule has 2 aromatic carbocycles. The van der Waals surface area contributed by atoms with E-state index < -0.39 is 0 Å². The summed E-state index contributed by atoms with van der Waals surface area (Å²) in [6, 6.07) is 16.1. The van der Waals surface area contributed by atoms with Gasteiger partial charge in [0.1, 0.15) is 6.10 Å². The molecule has 0 radical (unpaired) electrons. The van der Waals surface area contributed by atoms with E-state index in [1.807, 2.05) is 49.4 Å². The lowest BCUT2D eigenvalue weighted by Gasteiger charge is -2.21. The number of ether oxygens (including phenoxy) is 1. The fourth-order valence-corrected chi connectivity index (χ4v) is 3.18. The van der Waals surface area contributed by atoms with Crippen LogP contribution in [0.5, 0.6) is 0 Å². The van der Waals surface area contributed by atoms with E-state index >= 15 is 0 Å². The highest BCUT2D eigenvalue weighted by Crippen LogP contribution is 2.34. The van der Waals surface area contributed by atoms with Gasteiger partial charge in [-0.1, -0.05) is 64.0 Å². The van der Waals surface area contributed by atoms with E-state index in [1.165, 1.54) is 5.56 Å². The van der Waals surface area contributed by atoms with Crippen molar-refractivity contribution in [3.63, 3.8) is 0 Å². The molecule has 22 heavy (non-hydrogen) atoms. The number of benzene rings is 2. The Morgan fingerprint density at radius 3 is 2.64 bits per heavy atom. The Labute approximate surface area is 139 Å². The molecular formula is C18H18BrNO2. The molecule has 114 valence electrons. The van der Waals surface area contributed by atoms with Crippen molar-refractivity contribution in [2.24, 2.45) is 0 Å². The van der Waals surface area contributed by atoms with Crippen molar-refractivity contribution < 1.29 is 9.53 Å². The van der Waals surface area contributed by atoms with Crippen molar-refractivity contribution in [1.82, 2.24) is 4.90 Å². The third-order valence-electron chi connectivity index (χ3n) is 4.06. The lowest BCUT2D eigenvalue weighted by molar-refractivity contribution is 0.130. The molecule has 0 aliphatic carbocycles. The zero-order chi connectivity index (χ0) is 15.7. The number of cyclic esters (lactones) is 1. The van der Waals surface area contributed by atoms with Gasteiger partial charge in [0.15, 0.2) is 0 Å². The average molecular weight is 360 g/mol. The number of halogens is 1. The summed E-state index contributed by atoms with van der Waals surface area (Å²) >= 11 is 3.56. The summed E-state index contributed by atoms with van der Waals surface area (Å²) in [7, 11) is 0. The Morgan fingerprint density at radius 1 is 1.18 bits per heavy atom. The van der Waals surface area contributed by atoms with E-state index in [9.17, 15) is 4.79 Å². The van der Waals surface area contributed by atoms with E-state index in [0.29, 0.717) is 6.54 Å². The lowest BCUT2D eigenvalue weighted by atomic mass is 10.0. The normalized spacial score (nSPS) is 21.0. The molecule has 0 unspecified atom stereocenters. The Balaban J connectivity index is 1.83. The van der Waals surface area contributed by atoms with Gasteiger partial charge >= 0.3 is 6.09 Å². The third-order valence-corrected chi connectivity index (χ3v) is 4.84. The van der Waals surface area contributed by atoms with Gasteiger partial charge in [-0.2, -0.15) is 0 Å². The molecule has 0 saturated carbocycles. The molecule has 0 bridgehead atoms. The van der Waals surface area contributed by atoms with E-state index in [0.717, 1.165) is 15.6 Å². The van der Waals surface area contributed by atoms with Crippen LogP contribution >= 0.6 is 15.9 Å². The predicted octanol–water partition coefficient (Wildman–Crippen LogP) is 4.84. The van der Waals surface area contributed by atoms with Crippen molar-refractivity contribution >= 4 is 22.0 Å². The first kappa shape index (κ1) is 15.1. The monoisotopic (exact) mass is 359 g/mol. The van der Waals surface area contributed by atoms with Gasteiger partial charge in [-0.25, -0.2) is 4.79 Å². The molecule has 0 N–H and O–H groups in total. The minimum atomic E-state index is -0.255. The third kappa shape index (κ3) is 2.88. The van der Waals surface area contributed by atoms with Gasteiger partial charge < -0.3 is 4.74 Å². The zero-order valence-electron chi connectivity index (χ0n) is 12.6. The number of hydrogen-bond acceptors (Lipinski definition) is 2. The minimum absolute atomic E-state index is 0.00214. The van der Waals surface area contributed by atoms with E-state index in [-0.39, 0.29) is 18.2 Å². The van der Waals surface area contributed by atoms with Crippen LogP contribution in [-0.4, -0.2) is 17.0 Å². The largest absolute Gasteiger partial charge is 0.439 e. The molecule has 1 saturated heterocycles. The van der Waals surface area contributed by atoms with Crippen LogP contribution in [0, 0.1) is 6.92 Å². The van der Waals surface area contributed by atoms with Crippen molar-refractivity contribution in [3.05, 3.63) is 69.7 Å². The Kier molecular flexibility index (Phi) is 4.21. The maximum absolute atomic E-state index is 12.3. The average Bonchev–Trinajstić information content (AvgIpc) is 2.80. The summed E-state index contributed by atoms with van der Waals surface area (Å²) in [5.74, 6) is 0. The smallest absolute Gasteiger partial charge is 0.411 e. The van der Waals surface area contributed by atoms with Gasteiger partial charge in [0.05, 0.1) is 12.6 Å². The van der Waals surface area contributed by atoms with Crippen molar-refractivity contribution in [2.45, 2.75) is 32.5 Å². The Bertz CT molecular complexity index is 687. The summed E-state index contributed by atoms with van der Waals surface area (Å²) in [6.07, 6.45) is -0.466. The van der Waals surface area contributed by atoms with Crippen LogP contribution in [-0.2, 0) is 11.3 Å². The maximum atomic E-state index is 12.3. The van der Waals surface area contributed by atoms with Crippen LogP contribution in [0.4, 0.5) is 4.79 Å². The van der Waals surface area contributed by atoms with Gasteiger partial charge in [-0.15, -0.1) is 0 Å². The zero-order valence-corrected chi connectivity index (χ0v) is 14.2. The molecular weight excluding hydrogens is 342 g/mol.